The fraction of sp³-hybridized carbons (Fsp3) is 0.304. The first-order valence-electron chi connectivity index (χ1n) is 9.83. The molecule has 0 spiro atoms. The number of hydrogen-bond acceptors (Lipinski definition) is 5. The van der Waals surface area contributed by atoms with Gasteiger partial charge in [0, 0.05) is 18.7 Å². The number of likely N-dealkylation sites (N-methyl/N-ethyl adjacent to an activating group) is 1. The van der Waals surface area contributed by atoms with Crippen molar-refractivity contribution in [1.82, 2.24) is 9.80 Å². The summed E-state index contributed by atoms with van der Waals surface area (Å²) in [5.74, 6) is -1.51. The van der Waals surface area contributed by atoms with Gasteiger partial charge in [0.25, 0.3) is 11.7 Å². The number of benzene rings is 2. The fourth-order valence-corrected chi connectivity index (χ4v) is 3.69. The van der Waals surface area contributed by atoms with Gasteiger partial charge >= 0.3 is 0 Å². The van der Waals surface area contributed by atoms with E-state index in [4.69, 9.17) is 0 Å². The van der Waals surface area contributed by atoms with E-state index in [9.17, 15) is 19.8 Å². The molecule has 152 valence electrons. The number of Topliss-reactive ketones (excluding diaryl/α,β-unsaturated/α-hetero) is 1. The molecule has 2 aromatic carbocycles. The van der Waals surface area contributed by atoms with Gasteiger partial charge in [0.15, 0.2) is 0 Å². The number of carbonyl (C=O) groups is 2. The first-order chi connectivity index (χ1) is 14.0. The van der Waals surface area contributed by atoms with Gasteiger partial charge < -0.3 is 20.0 Å². The van der Waals surface area contributed by atoms with Crippen molar-refractivity contribution in [3.8, 4) is 5.75 Å². The molecule has 1 unspecified atom stereocenters. The van der Waals surface area contributed by atoms with Crippen LogP contribution >= 0.6 is 0 Å². The molecular formula is C23H26N2O4. The minimum atomic E-state index is -0.752. The van der Waals surface area contributed by atoms with Gasteiger partial charge in [-0.3, -0.25) is 9.59 Å². The third-order valence-electron chi connectivity index (χ3n) is 5.32. The van der Waals surface area contributed by atoms with Crippen LogP contribution in [-0.2, 0) is 9.59 Å². The molecule has 2 N–H and O–H groups in total. The average Bonchev–Trinajstić information content (AvgIpc) is 2.99. The zero-order valence-electron chi connectivity index (χ0n) is 16.7. The van der Waals surface area contributed by atoms with Gasteiger partial charge in [-0.15, -0.1) is 0 Å². The predicted molar refractivity (Wildman–Crippen MR) is 111 cm³/mol. The standard InChI is InChI=1S/C23H26N2O4/c1-3-24(4-2)13-14-25-20(17-11-8-12-18(26)15-17)19(22(28)23(25)29)21(27)16-9-6-5-7-10-16/h5-12,15,20,26-27H,3-4,13-14H2,1-2H3/b21-19-. The van der Waals surface area contributed by atoms with E-state index in [1.165, 1.54) is 17.0 Å². The lowest BCUT2D eigenvalue weighted by Gasteiger charge is -2.28. The summed E-state index contributed by atoms with van der Waals surface area (Å²) in [6, 6.07) is 14.4. The number of rotatable bonds is 7. The molecule has 0 aliphatic carbocycles. The van der Waals surface area contributed by atoms with Crippen LogP contribution in [0.25, 0.3) is 5.76 Å². The van der Waals surface area contributed by atoms with Gasteiger partial charge in [0.05, 0.1) is 11.6 Å². The van der Waals surface area contributed by atoms with Crippen LogP contribution in [-0.4, -0.2) is 57.9 Å². The van der Waals surface area contributed by atoms with Crippen LogP contribution in [0.4, 0.5) is 0 Å². The molecule has 1 saturated heterocycles. The summed E-state index contributed by atoms with van der Waals surface area (Å²) in [5, 5.41) is 20.9. The van der Waals surface area contributed by atoms with Crippen molar-refractivity contribution in [3.63, 3.8) is 0 Å². The Labute approximate surface area is 170 Å². The normalized spacial score (nSPS) is 18.6. The largest absolute Gasteiger partial charge is 0.508 e. The molecule has 6 nitrogen and oxygen atoms in total. The number of amides is 1. The molecule has 0 saturated carbocycles. The molecule has 1 aliphatic rings. The Morgan fingerprint density at radius 3 is 2.34 bits per heavy atom. The van der Waals surface area contributed by atoms with Crippen LogP contribution in [0, 0.1) is 0 Å². The minimum absolute atomic E-state index is 0.0385. The quantitative estimate of drug-likeness (QED) is 0.428. The number of phenols is 1. The van der Waals surface area contributed by atoms with Crippen molar-refractivity contribution < 1.29 is 19.8 Å². The Kier molecular flexibility index (Phi) is 6.34. The summed E-state index contributed by atoms with van der Waals surface area (Å²) in [4.78, 5) is 29.4. The van der Waals surface area contributed by atoms with E-state index >= 15 is 0 Å². The summed E-state index contributed by atoms with van der Waals surface area (Å²) in [6.07, 6.45) is 0. The van der Waals surface area contributed by atoms with E-state index in [-0.39, 0.29) is 17.1 Å². The molecule has 0 radical (unpaired) electrons. The molecule has 3 rings (SSSR count). The second-order valence-electron chi connectivity index (χ2n) is 6.98. The maximum Gasteiger partial charge on any atom is 0.295 e. The van der Waals surface area contributed by atoms with E-state index in [1.807, 2.05) is 19.9 Å². The van der Waals surface area contributed by atoms with Gasteiger partial charge in [-0.2, -0.15) is 0 Å². The molecule has 1 aliphatic heterocycles. The molecule has 1 fully saturated rings. The lowest BCUT2D eigenvalue weighted by Crippen LogP contribution is -2.38. The minimum Gasteiger partial charge on any atom is -0.508 e. The maximum absolute atomic E-state index is 12.9. The molecule has 29 heavy (non-hydrogen) atoms. The molecule has 1 heterocycles. The summed E-state index contributed by atoms with van der Waals surface area (Å²) in [7, 11) is 0. The molecule has 1 amide bonds. The van der Waals surface area contributed by atoms with Crippen molar-refractivity contribution in [2.24, 2.45) is 0 Å². The van der Waals surface area contributed by atoms with Crippen LogP contribution in [0.1, 0.15) is 31.0 Å². The van der Waals surface area contributed by atoms with Crippen LogP contribution < -0.4 is 0 Å². The lowest BCUT2D eigenvalue weighted by molar-refractivity contribution is -0.140. The van der Waals surface area contributed by atoms with Crippen LogP contribution in [0.5, 0.6) is 5.75 Å². The number of nitrogens with zero attached hydrogens (tertiary/aromatic N) is 2. The summed E-state index contributed by atoms with van der Waals surface area (Å²) < 4.78 is 0. The van der Waals surface area contributed by atoms with Crippen LogP contribution in [0.3, 0.4) is 0 Å². The zero-order valence-corrected chi connectivity index (χ0v) is 16.7. The number of phenolic OH excluding ortho intramolecular Hbond substituents is 1. The molecular weight excluding hydrogens is 368 g/mol. The van der Waals surface area contributed by atoms with Crippen molar-refractivity contribution in [3.05, 3.63) is 71.3 Å². The van der Waals surface area contributed by atoms with E-state index in [1.54, 1.807) is 36.4 Å². The Balaban J connectivity index is 2.09. The average molecular weight is 394 g/mol. The third-order valence-corrected chi connectivity index (χ3v) is 5.32. The van der Waals surface area contributed by atoms with Gasteiger partial charge in [-0.1, -0.05) is 56.3 Å². The second kappa shape index (κ2) is 8.92. The summed E-state index contributed by atoms with van der Waals surface area (Å²) >= 11 is 0. The monoisotopic (exact) mass is 394 g/mol. The number of carbonyl (C=O) groups excluding carboxylic acids is 2. The van der Waals surface area contributed by atoms with E-state index in [0.717, 1.165) is 13.1 Å². The van der Waals surface area contributed by atoms with Crippen LogP contribution in [0.15, 0.2) is 60.2 Å². The number of hydrogen-bond donors (Lipinski definition) is 2. The second-order valence-corrected chi connectivity index (χ2v) is 6.98. The van der Waals surface area contributed by atoms with Crippen LogP contribution in [0.2, 0.25) is 0 Å². The van der Waals surface area contributed by atoms with Crippen molar-refractivity contribution >= 4 is 17.4 Å². The van der Waals surface area contributed by atoms with Gasteiger partial charge in [0.2, 0.25) is 0 Å². The van der Waals surface area contributed by atoms with Gasteiger partial charge in [-0.25, -0.2) is 0 Å². The highest BCUT2D eigenvalue weighted by molar-refractivity contribution is 6.46. The Morgan fingerprint density at radius 2 is 1.72 bits per heavy atom. The van der Waals surface area contributed by atoms with Crippen molar-refractivity contribution in [2.75, 3.05) is 26.2 Å². The molecule has 0 aromatic heterocycles. The first-order valence-corrected chi connectivity index (χ1v) is 9.83. The number of aromatic hydroxyl groups is 1. The predicted octanol–water partition coefficient (Wildman–Crippen LogP) is 3.16. The highest BCUT2D eigenvalue weighted by Gasteiger charge is 2.46. The maximum atomic E-state index is 12.9. The fourth-order valence-electron chi connectivity index (χ4n) is 3.69. The Bertz CT molecular complexity index is 919. The SMILES string of the molecule is CCN(CC)CCN1C(=O)C(=O)/C(=C(\O)c2ccccc2)C1c1cccc(O)c1. The smallest absolute Gasteiger partial charge is 0.295 e. The number of ketones is 1. The molecule has 1 atom stereocenters. The number of aliphatic hydroxyl groups is 1. The van der Waals surface area contributed by atoms with Gasteiger partial charge in [-0.05, 0) is 30.8 Å². The van der Waals surface area contributed by atoms with E-state index in [0.29, 0.717) is 24.2 Å². The van der Waals surface area contributed by atoms with Crippen molar-refractivity contribution in [1.29, 1.82) is 0 Å². The summed E-state index contributed by atoms with van der Waals surface area (Å²) in [6.45, 7) is 6.71. The number of aliphatic hydroxyl groups excluding tert-OH is 1. The van der Waals surface area contributed by atoms with Crippen molar-refractivity contribution in [2.45, 2.75) is 19.9 Å². The summed E-state index contributed by atoms with van der Waals surface area (Å²) in [5.41, 5.74) is 1.10. The Morgan fingerprint density at radius 1 is 1.03 bits per heavy atom. The third kappa shape index (κ3) is 4.17. The van der Waals surface area contributed by atoms with E-state index in [2.05, 4.69) is 4.90 Å². The molecule has 6 heteroatoms. The highest BCUT2D eigenvalue weighted by atomic mass is 16.3. The van der Waals surface area contributed by atoms with E-state index < -0.39 is 17.7 Å². The first kappa shape index (κ1) is 20.6. The topological polar surface area (TPSA) is 81.1 Å². The zero-order chi connectivity index (χ0) is 21.0. The highest BCUT2D eigenvalue weighted by Crippen LogP contribution is 2.39. The molecule has 0 bridgehead atoms. The van der Waals surface area contributed by atoms with Gasteiger partial charge in [0.1, 0.15) is 11.5 Å². The molecule has 2 aromatic rings. The Hall–Kier alpha value is -3.12. The lowest BCUT2D eigenvalue weighted by atomic mass is 9.95. The number of likely N-dealkylation sites (tertiary alicyclic amines) is 1.